The van der Waals surface area contributed by atoms with Crippen LogP contribution in [0.4, 0.5) is 0 Å². The van der Waals surface area contributed by atoms with Gasteiger partial charge in [0.1, 0.15) is 0 Å². The second-order valence-corrected chi connectivity index (χ2v) is 13.8. The van der Waals surface area contributed by atoms with Crippen molar-refractivity contribution in [2.24, 2.45) is 5.92 Å². The Bertz CT molecular complexity index is 1590. The van der Waals surface area contributed by atoms with Crippen molar-refractivity contribution in [3.8, 4) is 11.3 Å². The van der Waals surface area contributed by atoms with Crippen LogP contribution in [0, 0.1) is 5.92 Å². The smallest absolute Gasteiger partial charge is 0.264 e. The first-order chi connectivity index (χ1) is 20.3. The van der Waals surface area contributed by atoms with Crippen LogP contribution in [0.25, 0.3) is 28.2 Å². The molecule has 0 radical (unpaired) electrons. The molecule has 1 atom stereocenters. The molecule has 222 valence electrons. The van der Waals surface area contributed by atoms with Crippen molar-refractivity contribution in [3.63, 3.8) is 0 Å². The van der Waals surface area contributed by atoms with Crippen molar-refractivity contribution in [1.82, 2.24) is 18.5 Å². The molecule has 1 N–H and O–H groups in total. The molecule has 3 aromatic rings. The average molecular weight is 587 g/mol. The highest BCUT2D eigenvalue weighted by Crippen LogP contribution is 2.47. The highest BCUT2D eigenvalue weighted by molar-refractivity contribution is 7.81. The van der Waals surface area contributed by atoms with Crippen LogP contribution >= 0.6 is 0 Å². The van der Waals surface area contributed by atoms with E-state index >= 15 is 0 Å². The third kappa shape index (κ3) is 5.24. The van der Waals surface area contributed by atoms with Gasteiger partial charge in [0.2, 0.25) is 0 Å². The van der Waals surface area contributed by atoms with E-state index in [0.29, 0.717) is 23.9 Å². The second kappa shape index (κ2) is 11.8. The largest absolute Gasteiger partial charge is 0.338 e. The average Bonchev–Trinajstić information content (AvgIpc) is 3.18. The molecule has 2 amide bonds. The van der Waals surface area contributed by atoms with Gasteiger partial charge in [-0.3, -0.25) is 14.3 Å². The number of aryl methyl sites for hydroxylation is 1. The molecule has 8 heteroatoms. The fraction of sp³-hybridized carbons (Fsp3) is 0.471. The van der Waals surface area contributed by atoms with Crippen molar-refractivity contribution in [2.45, 2.75) is 71.3 Å². The molecule has 7 nitrogen and oxygen atoms in total. The van der Waals surface area contributed by atoms with Gasteiger partial charge in [0.05, 0.1) is 12.2 Å². The summed E-state index contributed by atoms with van der Waals surface area (Å²) < 4.78 is 18.7. The first-order valence-corrected chi connectivity index (χ1v) is 16.6. The third-order valence-corrected chi connectivity index (χ3v) is 10.4. The molecule has 3 heterocycles. The minimum atomic E-state index is -1.62. The summed E-state index contributed by atoms with van der Waals surface area (Å²) in [5.41, 5.74) is 8.23. The van der Waals surface area contributed by atoms with Gasteiger partial charge in [-0.2, -0.15) is 0 Å². The van der Waals surface area contributed by atoms with E-state index in [1.54, 1.807) is 14.1 Å². The Kier molecular flexibility index (Phi) is 8.11. The van der Waals surface area contributed by atoms with Crippen molar-refractivity contribution < 1.29 is 13.8 Å². The fourth-order valence-electron chi connectivity index (χ4n) is 6.90. The maximum atomic E-state index is 13.9. The lowest BCUT2D eigenvalue weighted by Gasteiger charge is -2.39. The predicted molar refractivity (Wildman–Crippen MR) is 170 cm³/mol. The van der Waals surface area contributed by atoms with E-state index in [4.69, 9.17) is 0 Å². The molecule has 1 saturated carbocycles. The molecule has 2 aliphatic heterocycles. The molecule has 1 unspecified atom stereocenters. The molecule has 42 heavy (non-hydrogen) atoms. The van der Waals surface area contributed by atoms with Gasteiger partial charge in [-0.05, 0) is 72.4 Å². The van der Waals surface area contributed by atoms with Crippen LogP contribution in [-0.2, 0) is 28.9 Å². The van der Waals surface area contributed by atoms with Gasteiger partial charge in [-0.1, -0.05) is 57.4 Å². The molecule has 6 rings (SSSR count). The molecule has 0 spiro atoms. The number of amides is 2. The number of hydrogen-bond donors (Lipinski definition) is 1. The van der Waals surface area contributed by atoms with Crippen LogP contribution in [0.5, 0.6) is 0 Å². The molecular weight excluding hydrogens is 544 g/mol. The Morgan fingerprint density at radius 2 is 1.79 bits per heavy atom. The van der Waals surface area contributed by atoms with Gasteiger partial charge in [0.25, 0.3) is 11.8 Å². The van der Waals surface area contributed by atoms with Crippen molar-refractivity contribution in [1.29, 1.82) is 0 Å². The van der Waals surface area contributed by atoms with Crippen LogP contribution in [0.3, 0.4) is 0 Å². The number of carbonyl (C=O) groups is 2. The molecule has 0 bridgehead atoms. The number of benzene rings is 2. The Morgan fingerprint density at radius 1 is 1.02 bits per heavy atom. The summed E-state index contributed by atoms with van der Waals surface area (Å²) in [6.07, 6.45) is 10.1. The Hall–Kier alpha value is -3.23. The van der Waals surface area contributed by atoms with Crippen LogP contribution in [0.15, 0.2) is 42.0 Å². The van der Waals surface area contributed by atoms with Gasteiger partial charge in [-0.15, -0.1) is 0 Å². The number of aromatic nitrogens is 1. The highest BCUT2D eigenvalue weighted by atomic mass is 32.2. The van der Waals surface area contributed by atoms with Gasteiger partial charge >= 0.3 is 0 Å². The minimum Gasteiger partial charge on any atom is -0.338 e. The summed E-state index contributed by atoms with van der Waals surface area (Å²) in [6.45, 7) is 6.44. The number of rotatable bonds is 7. The van der Waals surface area contributed by atoms with E-state index in [9.17, 15) is 13.8 Å². The second-order valence-electron chi connectivity index (χ2n) is 12.3. The molecule has 3 aliphatic rings. The molecule has 1 aromatic heterocycles. The number of hydrogen-bond acceptors (Lipinski definition) is 3. The predicted octanol–water partition coefficient (Wildman–Crippen LogP) is 6.05. The summed E-state index contributed by atoms with van der Waals surface area (Å²) in [5, 5.41) is 1.15. The fourth-order valence-corrected chi connectivity index (χ4v) is 7.36. The number of likely N-dealkylation sites (tertiary alicyclic amines) is 1. The quantitative estimate of drug-likeness (QED) is 0.366. The Labute approximate surface area is 251 Å². The maximum absolute atomic E-state index is 13.9. The lowest BCUT2D eigenvalue weighted by molar-refractivity contribution is -0.133. The van der Waals surface area contributed by atoms with Crippen LogP contribution < -0.4 is 4.72 Å². The highest BCUT2D eigenvalue weighted by Gasteiger charge is 2.34. The summed E-state index contributed by atoms with van der Waals surface area (Å²) in [6, 6.07) is 12.5. The topological polar surface area (TPSA) is 74.6 Å². The van der Waals surface area contributed by atoms with Gasteiger partial charge < -0.3 is 9.47 Å². The lowest BCUT2D eigenvalue weighted by atomic mass is 9.81. The molecular formula is C34H42N4O3S. The van der Waals surface area contributed by atoms with Crippen LogP contribution in [0.1, 0.15) is 85.3 Å². The third-order valence-electron chi connectivity index (χ3n) is 9.42. The minimum absolute atomic E-state index is 0.108. The summed E-state index contributed by atoms with van der Waals surface area (Å²) >= 11 is -1.62. The molecule has 2 fully saturated rings. The van der Waals surface area contributed by atoms with Crippen LogP contribution in [-0.4, -0.2) is 57.0 Å². The first-order valence-electron chi connectivity index (χ1n) is 15.5. The van der Waals surface area contributed by atoms with E-state index in [1.165, 1.54) is 40.4 Å². The Balaban J connectivity index is 1.54. The zero-order valence-electron chi connectivity index (χ0n) is 25.2. The monoisotopic (exact) mass is 586 g/mol. The van der Waals surface area contributed by atoms with Crippen molar-refractivity contribution in [3.05, 3.63) is 64.2 Å². The van der Waals surface area contributed by atoms with Crippen molar-refractivity contribution in [2.75, 3.05) is 27.2 Å². The first kappa shape index (κ1) is 28.9. The molecule has 1 aliphatic carbocycles. The lowest BCUT2D eigenvalue weighted by Crippen LogP contribution is -2.50. The summed E-state index contributed by atoms with van der Waals surface area (Å²) in [5.74, 6) is 0.735. The number of nitrogens with one attached hydrogen (secondary N) is 1. The van der Waals surface area contributed by atoms with Gasteiger partial charge in [0, 0.05) is 54.8 Å². The van der Waals surface area contributed by atoms with E-state index in [1.807, 2.05) is 17.0 Å². The number of nitrogens with zero attached hydrogens (tertiary/aromatic N) is 3. The Morgan fingerprint density at radius 3 is 2.48 bits per heavy atom. The number of carbonyl (C=O) groups excluding carboxylic acids is 2. The van der Waals surface area contributed by atoms with E-state index < -0.39 is 11.2 Å². The maximum Gasteiger partial charge on any atom is 0.264 e. The van der Waals surface area contributed by atoms with E-state index in [2.05, 4.69) is 53.5 Å². The normalized spacial score (nSPS) is 18.2. The van der Waals surface area contributed by atoms with E-state index in [-0.39, 0.29) is 11.8 Å². The van der Waals surface area contributed by atoms with E-state index in [0.717, 1.165) is 66.4 Å². The van der Waals surface area contributed by atoms with Gasteiger partial charge in [0.15, 0.2) is 11.2 Å². The van der Waals surface area contributed by atoms with Gasteiger partial charge in [-0.25, -0.2) is 8.51 Å². The van der Waals surface area contributed by atoms with Crippen LogP contribution in [0.2, 0.25) is 0 Å². The number of fused-ring (bicyclic) bond motifs is 5. The molecule has 1 saturated heterocycles. The zero-order valence-corrected chi connectivity index (χ0v) is 26.1. The standard InChI is InChI=1S/C34H42N4O3S/c1-5-22-12-14-28-26(16-22)17-27(34(40)37-19-23(6-2)20-37)21-38-30-18-25(33(39)35-42(41)36(3)4)13-15-29(30)31(32(28)38)24-10-8-7-9-11-24/h12-18,23-24H,5-11,19-21H2,1-4H3,(H,35,39). The van der Waals surface area contributed by atoms with Crippen molar-refractivity contribution >= 4 is 40.0 Å². The SMILES string of the molecule is CCc1ccc2c(c1)C=C(C(=O)N1CC(CC)C1)Cn1c-2c(C2CCCCC2)c2ccc(C(=O)NS(=O)N(C)C)cc21. The molecule has 2 aromatic carbocycles. The summed E-state index contributed by atoms with van der Waals surface area (Å²) in [4.78, 5) is 29.1. The zero-order chi connectivity index (χ0) is 29.5. The summed E-state index contributed by atoms with van der Waals surface area (Å²) in [7, 11) is 3.33.